The third-order valence-corrected chi connectivity index (χ3v) is 3.92. The molecule has 0 bridgehead atoms. The van der Waals surface area contributed by atoms with Crippen LogP contribution in [0, 0.1) is 0 Å². The zero-order valence-electron chi connectivity index (χ0n) is 13.9. The normalized spacial score (nSPS) is 10.5. The molecule has 0 fully saturated rings. The smallest absolute Gasteiger partial charge is 0.291 e. The number of amides is 1. The van der Waals surface area contributed by atoms with Gasteiger partial charge in [-0.15, -0.1) is 0 Å². The molecule has 134 valence electrons. The van der Waals surface area contributed by atoms with Gasteiger partial charge in [-0.1, -0.05) is 0 Å². The Morgan fingerprint density at radius 2 is 1.56 bits per heavy atom. The molecule has 0 aliphatic heterocycles. The van der Waals surface area contributed by atoms with Gasteiger partial charge in [-0.3, -0.25) is 4.79 Å². The molecule has 4 N–H and O–H groups in total. The standard InChI is InChI=1S/C18H14N6O2S/c25-17(16-2-1-9-26-16)19-11-3-5-12(6-4-11)20-18(27)21-13-7-8-14-15(10-13)23-24-22-14/h1-10H,(H,19,25)(H2,20,21,27)(H,22,23,24). The summed E-state index contributed by atoms with van der Waals surface area (Å²) in [6.07, 6.45) is 1.45. The van der Waals surface area contributed by atoms with Crippen molar-refractivity contribution in [2.45, 2.75) is 0 Å². The van der Waals surface area contributed by atoms with Crippen LogP contribution in [0.25, 0.3) is 11.0 Å². The summed E-state index contributed by atoms with van der Waals surface area (Å²) in [5.74, 6) is -0.0483. The first kappa shape index (κ1) is 16.7. The molecule has 4 aromatic rings. The molecule has 0 aliphatic carbocycles. The number of thiocarbonyl (C=S) groups is 1. The summed E-state index contributed by atoms with van der Waals surface area (Å²) in [6, 6.07) is 16.0. The first-order valence-electron chi connectivity index (χ1n) is 8.01. The number of fused-ring (bicyclic) bond motifs is 1. The minimum atomic E-state index is -0.304. The molecule has 0 saturated carbocycles. The zero-order chi connectivity index (χ0) is 18.6. The number of anilines is 3. The van der Waals surface area contributed by atoms with Crippen LogP contribution in [0.1, 0.15) is 10.6 Å². The van der Waals surface area contributed by atoms with Crippen molar-refractivity contribution in [1.29, 1.82) is 0 Å². The Labute approximate surface area is 159 Å². The number of furan rings is 1. The van der Waals surface area contributed by atoms with Crippen molar-refractivity contribution < 1.29 is 9.21 Å². The molecule has 4 rings (SSSR count). The molecule has 0 saturated heterocycles. The largest absolute Gasteiger partial charge is 0.459 e. The van der Waals surface area contributed by atoms with Crippen molar-refractivity contribution in [2.24, 2.45) is 0 Å². The average molecular weight is 378 g/mol. The number of hydrogen-bond donors (Lipinski definition) is 4. The second-order valence-electron chi connectivity index (χ2n) is 5.62. The van der Waals surface area contributed by atoms with E-state index in [1.165, 1.54) is 6.26 Å². The van der Waals surface area contributed by atoms with Gasteiger partial charge in [0.05, 0.1) is 6.26 Å². The van der Waals surface area contributed by atoms with Crippen LogP contribution in [0.15, 0.2) is 65.3 Å². The molecule has 2 heterocycles. The molecule has 0 atom stereocenters. The number of hydrogen-bond acceptors (Lipinski definition) is 5. The van der Waals surface area contributed by atoms with Gasteiger partial charge in [0.1, 0.15) is 11.0 Å². The molecule has 0 unspecified atom stereocenters. The van der Waals surface area contributed by atoms with Gasteiger partial charge in [-0.2, -0.15) is 15.4 Å². The molecule has 0 spiro atoms. The van der Waals surface area contributed by atoms with Crippen LogP contribution >= 0.6 is 12.2 Å². The number of nitrogens with one attached hydrogen (secondary N) is 4. The summed E-state index contributed by atoms with van der Waals surface area (Å²) in [7, 11) is 0. The molecule has 0 aliphatic rings. The quantitative estimate of drug-likeness (QED) is 0.402. The first-order chi connectivity index (χ1) is 13.2. The molecule has 9 heteroatoms. The molecule has 0 radical (unpaired) electrons. The second kappa shape index (κ2) is 7.26. The second-order valence-corrected chi connectivity index (χ2v) is 6.02. The highest BCUT2D eigenvalue weighted by molar-refractivity contribution is 7.80. The summed E-state index contributed by atoms with van der Waals surface area (Å²) >= 11 is 5.33. The number of aromatic amines is 1. The molecular formula is C18H14N6O2S. The fourth-order valence-electron chi connectivity index (χ4n) is 2.45. The van der Waals surface area contributed by atoms with Gasteiger partial charge in [-0.25, -0.2) is 0 Å². The Morgan fingerprint density at radius 1 is 0.889 bits per heavy atom. The maximum absolute atomic E-state index is 12.0. The van der Waals surface area contributed by atoms with Gasteiger partial charge < -0.3 is 20.4 Å². The molecule has 2 aromatic heterocycles. The van der Waals surface area contributed by atoms with Crippen LogP contribution in [0.4, 0.5) is 17.1 Å². The number of aromatic nitrogens is 3. The number of nitrogens with zero attached hydrogens (tertiary/aromatic N) is 2. The summed E-state index contributed by atoms with van der Waals surface area (Å²) in [5, 5.41) is 20.0. The lowest BCUT2D eigenvalue weighted by molar-refractivity contribution is 0.0996. The summed E-state index contributed by atoms with van der Waals surface area (Å²) < 4.78 is 5.06. The van der Waals surface area contributed by atoms with Crippen LogP contribution in [0.5, 0.6) is 0 Å². The lowest BCUT2D eigenvalue weighted by Gasteiger charge is -2.11. The molecule has 8 nitrogen and oxygen atoms in total. The lowest BCUT2D eigenvalue weighted by atomic mass is 10.2. The SMILES string of the molecule is O=C(Nc1ccc(NC(=S)Nc2ccc3n[nH]nc3c2)cc1)c1ccco1. The summed E-state index contributed by atoms with van der Waals surface area (Å²) in [6.45, 7) is 0. The Kier molecular flexibility index (Phi) is 4.50. The topological polar surface area (TPSA) is 108 Å². The van der Waals surface area contributed by atoms with Crippen molar-refractivity contribution in [3.05, 3.63) is 66.6 Å². The van der Waals surface area contributed by atoms with Crippen molar-refractivity contribution in [2.75, 3.05) is 16.0 Å². The molecular weight excluding hydrogens is 364 g/mol. The maximum Gasteiger partial charge on any atom is 0.291 e. The van der Waals surface area contributed by atoms with E-state index in [4.69, 9.17) is 16.6 Å². The van der Waals surface area contributed by atoms with Gasteiger partial charge in [0.15, 0.2) is 10.9 Å². The highest BCUT2D eigenvalue weighted by atomic mass is 32.1. The van der Waals surface area contributed by atoms with E-state index in [9.17, 15) is 4.79 Å². The number of H-pyrrole nitrogens is 1. The van der Waals surface area contributed by atoms with E-state index in [1.807, 2.05) is 30.3 Å². The van der Waals surface area contributed by atoms with Crippen LogP contribution in [0.3, 0.4) is 0 Å². The van der Waals surface area contributed by atoms with E-state index < -0.39 is 0 Å². The summed E-state index contributed by atoms with van der Waals surface area (Å²) in [4.78, 5) is 12.0. The van der Waals surface area contributed by atoms with Gasteiger partial charge in [0, 0.05) is 17.1 Å². The van der Waals surface area contributed by atoms with E-state index in [0.29, 0.717) is 10.8 Å². The first-order valence-corrected chi connectivity index (χ1v) is 8.42. The van der Waals surface area contributed by atoms with E-state index in [-0.39, 0.29) is 11.7 Å². The highest BCUT2D eigenvalue weighted by Gasteiger charge is 2.08. The Morgan fingerprint density at radius 3 is 2.30 bits per heavy atom. The highest BCUT2D eigenvalue weighted by Crippen LogP contribution is 2.17. The van der Waals surface area contributed by atoms with Crippen molar-refractivity contribution in [1.82, 2.24) is 15.4 Å². The Bertz CT molecular complexity index is 1090. The fraction of sp³-hybridized carbons (Fsp3) is 0. The fourth-order valence-corrected chi connectivity index (χ4v) is 2.68. The van der Waals surface area contributed by atoms with Gasteiger partial charge >= 0.3 is 0 Å². The Hall–Kier alpha value is -3.72. The van der Waals surface area contributed by atoms with E-state index in [0.717, 1.165) is 22.4 Å². The number of carbonyl (C=O) groups is 1. The van der Waals surface area contributed by atoms with Crippen molar-refractivity contribution in [3.8, 4) is 0 Å². The van der Waals surface area contributed by atoms with Crippen molar-refractivity contribution >= 4 is 51.3 Å². The number of benzene rings is 2. The van der Waals surface area contributed by atoms with Gasteiger partial charge in [0.2, 0.25) is 0 Å². The molecule has 2 aromatic carbocycles. The minimum Gasteiger partial charge on any atom is -0.459 e. The molecule has 27 heavy (non-hydrogen) atoms. The maximum atomic E-state index is 12.0. The van der Waals surface area contributed by atoms with E-state index in [1.54, 1.807) is 24.3 Å². The van der Waals surface area contributed by atoms with Gasteiger partial charge in [0.25, 0.3) is 5.91 Å². The van der Waals surface area contributed by atoms with E-state index in [2.05, 4.69) is 31.4 Å². The number of rotatable bonds is 4. The lowest BCUT2D eigenvalue weighted by Crippen LogP contribution is -2.19. The van der Waals surface area contributed by atoms with Crippen molar-refractivity contribution in [3.63, 3.8) is 0 Å². The average Bonchev–Trinajstić information content (AvgIpc) is 3.34. The zero-order valence-corrected chi connectivity index (χ0v) is 14.7. The predicted molar refractivity (Wildman–Crippen MR) is 107 cm³/mol. The van der Waals surface area contributed by atoms with E-state index >= 15 is 0 Å². The van der Waals surface area contributed by atoms with Gasteiger partial charge in [-0.05, 0) is 66.8 Å². The summed E-state index contributed by atoms with van der Waals surface area (Å²) in [5.41, 5.74) is 3.77. The third-order valence-electron chi connectivity index (χ3n) is 3.72. The van der Waals surface area contributed by atoms with Crippen LogP contribution in [-0.4, -0.2) is 26.4 Å². The molecule has 1 amide bonds. The Balaban J connectivity index is 1.36. The third kappa shape index (κ3) is 3.93. The monoisotopic (exact) mass is 378 g/mol. The predicted octanol–water partition coefficient (Wildman–Crippen LogP) is 3.61. The number of carbonyl (C=O) groups excluding carboxylic acids is 1. The van der Waals surface area contributed by atoms with Crippen LogP contribution < -0.4 is 16.0 Å². The minimum absolute atomic E-state index is 0.256. The van der Waals surface area contributed by atoms with Crippen LogP contribution in [0.2, 0.25) is 0 Å². The van der Waals surface area contributed by atoms with Crippen LogP contribution in [-0.2, 0) is 0 Å².